The highest BCUT2D eigenvalue weighted by molar-refractivity contribution is 5.75. The van der Waals surface area contributed by atoms with Crippen molar-refractivity contribution in [3.63, 3.8) is 0 Å². The van der Waals surface area contributed by atoms with Gasteiger partial charge in [-0.1, -0.05) is 12.0 Å². The standard InChI is InChI=1S/C24H24F3N7O2/c1-3-4-10-33-19-20(30-22(33)32-9-5-6-17(29)14-32)31(2)23(36)34(21(19)35)13-16-8-7-15(12-28)11-18(16)24(25,26)27/h7-8,11,17H,5-6,9-10,13-14,29H2,1-2H3/t17-/m1/s1. The maximum Gasteiger partial charge on any atom is 0.416 e. The molecule has 1 saturated heterocycles. The molecule has 1 aliphatic heterocycles. The van der Waals surface area contributed by atoms with Gasteiger partial charge in [-0.3, -0.25) is 18.5 Å². The molecule has 1 atom stereocenters. The van der Waals surface area contributed by atoms with Crippen molar-refractivity contribution in [1.29, 1.82) is 5.26 Å². The number of fused-ring (bicyclic) bond motifs is 1. The minimum absolute atomic E-state index is 0.0659. The fraction of sp³-hybridized carbons (Fsp3) is 0.417. The molecular weight excluding hydrogens is 475 g/mol. The largest absolute Gasteiger partial charge is 0.416 e. The summed E-state index contributed by atoms with van der Waals surface area (Å²) in [4.78, 5) is 33.2. The first-order valence-electron chi connectivity index (χ1n) is 11.3. The van der Waals surface area contributed by atoms with E-state index in [9.17, 15) is 22.8 Å². The smallest absolute Gasteiger partial charge is 0.341 e. The highest BCUT2D eigenvalue weighted by Gasteiger charge is 2.34. The Morgan fingerprint density at radius 2 is 2.00 bits per heavy atom. The molecule has 2 N–H and O–H groups in total. The number of nitriles is 1. The molecule has 1 fully saturated rings. The third-order valence-corrected chi connectivity index (χ3v) is 6.24. The first kappa shape index (κ1) is 25.1. The SMILES string of the molecule is CC#CCn1c(N2CCC[C@@H](N)C2)nc2c1c(=O)n(Cc1ccc(C#N)cc1C(F)(F)F)c(=O)n2C. The van der Waals surface area contributed by atoms with Gasteiger partial charge in [0.2, 0.25) is 5.95 Å². The van der Waals surface area contributed by atoms with Crippen molar-refractivity contribution in [2.45, 2.75) is 45.1 Å². The van der Waals surface area contributed by atoms with Gasteiger partial charge in [-0.05, 0) is 37.5 Å². The summed E-state index contributed by atoms with van der Waals surface area (Å²) in [6, 6.07) is 4.64. The Morgan fingerprint density at radius 3 is 2.64 bits per heavy atom. The average molecular weight is 499 g/mol. The van der Waals surface area contributed by atoms with Crippen LogP contribution in [0.25, 0.3) is 11.2 Å². The first-order valence-corrected chi connectivity index (χ1v) is 11.3. The number of anilines is 1. The summed E-state index contributed by atoms with van der Waals surface area (Å²) in [5.41, 5.74) is 3.17. The molecule has 0 saturated carbocycles. The van der Waals surface area contributed by atoms with Crippen LogP contribution in [0.5, 0.6) is 0 Å². The fourth-order valence-electron chi connectivity index (χ4n) is 4.46. The lowest BCUT2D eigenvalue weighted by Gasteiger charge is -2.31. The average Bonchev–Trinajstić information content (AvgIpc) is 3.23. The van der Waals surface area contributed by atoms with Crippen molar-refractivity contribution in [2.24, 2.45) is 12.8 Å². The Balaban J connectivity index is 1.94. The molecule has 1 aromatic carbocycles. The van der Waals surface area contributed by atoms with Crippen LogP contribution in [-0.2, 0) is 26.3 Å². The lowest BCUT2D eigenvalue weighted by molar-refractivity contribution is -0.138. The summed E-state index contributed by atoms with van der Waals surface area (Å²) in [6.45, 7) is 2.28. The van der Waals surface area contributed by atoms with Gasteiger partial charge < -0.3 is 10.6 Å². The molecule has 3 heterocycles. The van der Waals surface area contributed by atoms with Gasteiger partial charge in [0, 0.05) is 26.2 Å². The molecule has 0 amide bonds. The second-order valence-electron chi connectivity index (χ2n) is 8.66. The van der Waals surface area contributed by atoms with Crippen LogP contribution in [0.3, 0.4) is 0 Å². The van der Waals surface area contributed by atoms with Gasteiger partial charge in [0.15, 0.2) is 11.2 Å². The van der Waals surface area contributed by atoms with E-state index in [1.807, 2.05) is 4.90 Å². The molecular formula is C24H24F3N7O2. The van der Waals surface area contributed by atoms with Crippen LogP contribution >= 0.6 is 0 Å². The van der Waals surface area contributed by atoms with Gasteiger partial charge in [0.05, 0.1) is 30.3 Å². The zero-order valence-electron chi connectivity index (χ0n) is 19.8. The van der Waals surface area contributed by atoms with Crippen LogP contribution in [-0.4, -0.2) is 37.8 Å². The van der Waals surface area contributed by atoms with Crippen molar-refractivity contribution in [1.82, 2.24) is 18.7 Å². The Hall–Kier alpha value is -4.03. The molecule has 0 radical (unpaired) electrons. The van der Waals surface area contributed by atoms with E-state index in [0.29, 0.717) is 25.1 Å². The number of aryl methyl sites for hydroxylation is 1. The van der Waals surface area contributed by atoms with Crippen molar-refractivity contribution in [3.05, 3.63) is 55.7 Å². The minimum atomic E-state index is -4.78. The Kier molecular flexibility index (Phi) is 6.65. The van der Waals surface area contributed by atoms with Gasteiger partial charge in [-0.15, -0.1) is 5.92 Å². The number of hydrogen-bond acceptors (Lipinski definition) is 6. The Morgan fingerprint density at radius 1 is 1.25 bits per heavy atom. The summed E-state index contributed by atoms with van der Waals surface area (Å²) in [6.07, 6.45) is -3.10. The summed E-state index contributed by atoms with van der Waals surface area (Å²) >= 11 is 0. The summed E-state index contributed by atoms with van der Waals surface area (Å²) < 4.78 is 44.7. The third-order valence-electron chi connectivity index (χ3n) is 6.24. The summed E-state index contributed by atoms with van der Waals surface area (Å²) in [5, 5.41) is 9.02. The first-order chi connectivity index (χ1) is 17.1. The topological polar surface area (TPSA) is 115 Å². The number of nitrogens with zero attached hydrogens (tertiary/aromatic N) is 6. The van der Waals surface area contributed by atoms with Gasteiger partial charge in [0.25, 0.3) is 5.56 Å². The molecule has 12 heteroatoms. The van der Waals surface area contributed by atoms with E-state index in [1.54, 1.807) is 17.6 Å². The number of alkyl halides is 3. The van der Waals surface area contributed by atoms with E-state index in [0.717, 1.165) is 28.0 Å². The molecule has 0 bridgehead atoms. The van der Waals surface area contributed by atoms with E-state index in [2.05, 4.69) is 16.8 Å². The fourth-order valence-corrected chi connectivity index (χ4v) is 4.46. The zero-order chi connectivity index (χ0) is 26.2. The molecule has 2 aromatic heterocycles. The lowest BCUT2D eigenvalue weighted by Crippen LogP contribution is -2.44. The number of hydrogen-bond donors (Lipinski definition) is 1. The maximum atomic E-state index is 13.7. The van der Waals surface area contributed by atoms with Crippen LogP contribution in [0, 0.1) is 23.2 Å². The van der Waals surface area contributed by atoms with Crippen LogP contribution < -0.4 is 21.9 Å². The number of imidazole rings is 1. The van der Waals surface area contributed by atoms with E-state index in [-0.39, 0.29) is 34.9 Å². The molecule has 4 rings (SSSR count). The molecule has 0 spiro atoms. The molecule has 0 unspecified atom stereocenters. The number of rotatable bonds is 4. The van der Waals surface area contributed by atoms with Crippen LogP contribution in [0.4, 0.5) is 19.1 Å². The summed E-state index contributed by atoms with van der Waals surface area (Å²) in [5.74, 6) is 6.11. The zero-order valence-corrected chi connectivity index (χ0v) is 19.8. The second kappa shape index (κ2) is 9.55. The highest BCUT2D eigenvalue weighted by atomic mass is 19.4. The van der Waals surface area contributed by atoms with Gasteiger partial charge in [-0.25, -0.2) is 4.79 Å². The van der Waals surface area contributed by atoms with E-state index in [1.165, 1.54) is 13.1 Å². The predicted octanol–water partition coefficient (Wildman–Crippen LogP) is 1.79. The molecule has 3 aromatic rings. The monoisotopic (exact) mass is 499 g/mol. The summed E-state index contributed by atoms with van der Waals surface area (Å²) in [7, 11) is 1.42. The molecule has 1 aliphatic rings. The van der Waals surface area contributed by atoms with E-state index >= 15 is 0 Å². The minimum Gasteiger partial charge on any atom is -0.341 e. The normalized spacial score (nSPS) is 16.0. The Bertz CT molecular complexity index is 1550. The van der Waals surface area contributed by atoms with Gasteiger partial charge >= 0.3 is 11.9 Å². The van der Waals surface area contributed by atoms with Crippen LogP contribution in [0.2, 0.25) is 0 Å². The van der Waals surface area contributed by atoms with Crippen molar-refractivity contribution in [2.75, 3.05) is 18.0 Å². The highest BCUT2D eigenvalue weighted by Crippen LogP contribution is 2.33. The number of piperidine rings is 1. The lowest BCUT2D eigenvalue weighted by atomic mass is 10.0. The van der Waals surface area contributed by atoms with Gasteiger partial charge in [0.1, 0.15) is 0 Å². The van der Waals surface area contributed by atoms with Crippen molar-refractivity contribution in [3.8, 4) is 17.9 Å². The van der Waals surface area contributed by atoms with Crippen LogP contribution in [0.1, 0.15) is 36.5 Å². The molecule has 9 nitrogen and oxygen atoms in total. The number of halogens is 3. The number of aromatic nitrogens is 4. The van der Waals surface area contributed by atoms with Crippen molar-refractivity contribution < 1.29 is 13.2 Å². The molecule has 36 heavy (non-hydrogen) atoms. The third kappa shape index (κ3) is 4.48. The van der Waals surface area contributed by atoms with Crippen LogP contribution in [0.15, 0.2) is 27.8 Å². The number of nitrogens with two attached hydrogens (primary N) is 1. The number of benzene rings is 1. The quantitative estimate of drug-likeness (QED) is 0.548. The maximum absolute atomic E-state index is 13.7. The van der Waals surface area contributed by atoms with E-state index in [4.69, 9.17) is 11.0 Å². The predicted molar refractivity (Wildman–Crippen MR) is 127 cm³/mol. The van der Waals surface area contributed by atoms with Crippen molar-refractivity contribution >= 4 is 17.1 Å². The molecule has 0 aliphatic carbocycles. The second-order valence-corrected chi connectivity index (χ2v) is 8.66. The van der Waals surface area contributed by atoms with E-state index < -0.39 is 29.5 Å². The molecule has 188 valence electrons. The van der Waals surface area contributed by atoms with Gasteiger partial charge in [-0.2, -0.15) is 23.4 Å². The Labute approximate surface area is 204 Å².